The average Bonchev–Trinajstić information content (AvgIpc) is 0.763. The molecular formula is C112H168N3Si3+3. The second kappa shape index (κ2) is 41.6. The van der Waals surface area contributed by atoms with Crippen molar-refractivity contribution in [3.8, 4) is 33.8 Å². The fourth-order valence-corrected chi connectivity index (χ4v) is 45.2. The summed E-state index contributed by atoms with van der Waals surface area (Å²) in [5.41, 5.74) is 20.7. The van der Waals surface area contributed by atoms with Gasteiger partial charge < -0.3 is 0 Å². The summed E-state index contributed by atoms with van der Waals surface area (Å²) in [5, 5.41) is 13.6. The highest BCUT2D eigenvalue weighted by Crippen LogP contribution is 2.46. The lowest BCUT2D eigenvalue weighted by Crippen LogP contribution is -2.50. The number of fused-ring (bicyclic) bond motifs is 3. The maximum atomic E-state index is 2.68. The zero-order chi connectivity index (χ0) is 85.1. The van der Waals surface area contributed by atoms with Crippen LogP contribution in [0.5, 0.6) is 0 Å². The summed E-state index contributed by atoms with van der Waals surface area (Å²) in [7, 11) is 1.79. The lowest BCUT2D eigenvalue weighted by atomic mass is 9.76. The Morgan fingerprint density at radius 3 is 0.847 bits per heavy atom. The molecule has 118 heavy (non-hydrogen) atoms. The van der Waals surface area contributed by atoms with E-state index < -0.39 is 24.2 Å². The number of rotatable bonds is 28. The minimum Gasteiger partial charge on any atom is -0.200 e. The van der Waals surface area contributed by atoms with E-state index in [1.807, 2.05) is 0 Å². The van der Waals surface area contributed by atoms with Crippen molar-refractivity contribution >= 4 is 72.1 Å². The molecule has 13 rings (SSSR count). The molecule has 0 bridgehead atoms. The first-order chi connectivity index (χ1) is 56.2. The Labute approximate surface area is 726 Å². The highest BCUT2D eigenvalue weighted by molar-refractivity contribution is 6.93. The van der Waals surface area contributed by atoms with E-state index in [-0.39, 0.29) is 0 Å². The molecule has 0 radical (unpaired) electrons. The normalized spacial score (nSPS) is 16.2. The molecule has 640 valence electrons. The molecule has 4 aliphatic rings. The summed E-state index contributed by atoms with van der Waals surface area (Å²) in [5.74, 6) is 9.61. The topological polar surface area (TPSA) is 11.6 Å². The summed E-state index contributed by atoms with van der Waals surface area (Å²) >= 11 is 0. The van der Waals surface area contributed by atoms with E-state index in [1.54, 1.807) is 43.4 Å². The van der Waals surface area contributed by atoms with Crippen LogP contribution in [-0.4, -0.2) is 24.2 Å². The Morgan fingerprint density at radius 2 is 0.534 bits per heavy atom. The van der Waals surface area contributed by atoms with Gasteiger partial charge in [0.1, 0.15) is 21.1 Å². The number of benzene rings is 6. The average molecular weight is 1640 g/mol. The summed E-state index contributed by atoms with van der Waals surface area (Å²) in [4.78, 5) is 0. The Morgan fingerprint density at radius 1 is 0.263 bits per heavy atom. The smallest absolute Gasteiger partial charge is 0.200 e. The minimum absolute atomic E-state index is 0.725. The minimum atomic E-state index is -1.67. The lowest BCUT2D eigenvalue weighted by Gasteiger charge is -2.37. The van der Waals surface area contributed by atoms with E-state index in [4.69, 9.17) is 0 Å². The molecule has 3 nitrogen and oxygen atoms in total. The number of nitrogens with zero attached hydrogens (tertiary/aromatic N) is 3. The maximum Gasteiger partial charge on any atom is 0.220 e. The fraction of sp³-hybridized carbons (Fsp3) is 0.598. The number of hydrogen-bond acceptors (Lipinski definition) is 0. The van der Waals surface area contributed by atoms with Crippen LogP contribution in [0.3, 0.4) is 0 Å². The number of pyridine rings is 3. The van der Waals surface area contributed by atoms with Crippen LogP contribution in [0.4, 0.5) is 0 Å². The Bertz CT molecular complexity index is 4690. The van der Waals surface area contributed by atoms with E-state index >= 15 is 0 Å². The highest BCUT2D eigenvalue weighted by atomic mass is 28.3. The van der Waals surface area contributed by atoms with Crippen molar-refractivity contribution in [1.29, 1.82) is 0 Å². The number of aromatic nitrogens is 3. The Balaban J connectivity index is 0.000000174. The van der Waals surface area contributed by atoms with Gasteiger partial charge >= 0.3 is 0 Å². The van der Waals surface area contributed by atoms with Gasteiger partial charge in [-0.25, -0.2) is 13.7 Å². The molecule has 4 saturated carbocycles. The Kier molecular flexibility index (Phi) is 32.7. The maximum absolute atomic E-state index is 2.68. The van der Waals surface area contributed by atoms with Crippen molar-refractivity contribution in [3.63, 3.8) is 0 Å². The molecule has 4 fully saturated rings. The zero-order valence-electron chi connectivity index (χ0n) is 80.1. The summed E-state index contributed by atoms with van der Waals surface area (Å²) in [6, 6.07) is 60.4. The molecule has 6 heteroatoms. The van der Waals surface area contributed by atoms with Crippen LogP contribution in [0.15, 0.2) is 134 Å². The van der Waals surface area contributed by atoms with Gasteiger partial charge in [0.05, 0.1) is 51.5 Å². The molecule has 0 spiro atoms. The molecule has 4 aliphatic carbocycles. The highest BCUT2D eigenvalue weighted by Gasteiger charge is 2.42. The van der Waals surface area contributed by atoms with Gasteiger partial charge in [-0.1, -0.05) is 332 Å². The predicted octanol–water partition coefficient (Wildman–Crippen LogP) is 30.3. The molecule has 6 aromatic carbocycles. The first kappa shape index (κ1) is 92.9. The first-order valence-corrected chi connectivity index (χ1v) is 56.7. The van der Waals surface area contributed by atoms with E-state index in [2.05, 4.69) is 321 Å². The summed E-state index contributed by atoms with van der Waals surface area (Å²) < 4.78 is 7.16. The van der Waals surface area contributed by atoms with Crippen LogP contribution in [-0.2, 0) is 21.1 Å². The third-order valence-electron chi connectivity index (χ3n) is 28.9. The number of hydrogen-bond donors (Lipinski definition) is 0. The van der Waals surface area contributed by atoms with Gasteiger partial charge in [-0.3, -0.25) is 0 Å². The lowest BCUT2D eigenvalue weighted by molar-refractivity contribution is -0.659. The fourth-order valence-electron chi connectivity index (χ4n) is 24.9. The van der Waals surface area contributed by atoms with Crippen molar-refractivity contribution in [2.75, 3.05) is 0 Å². The van der Waals surface area contributed by atoms with Crippen molar-refractivity contribution < 1.29 is 13.7 Å². The van der Waals surface area contributed by atoms with E-state index in [9.17, 15) is 0 Å². The van der Waals surface area contributed by atoms with Crippen molar-refractivity contribution in [2.45, 2.75) is 359 Å². The van der Waals surface area contributed by atoms with Gasteiger partial charge in [-0.2, -0.15) is 0 Å². The monoisotopic (exact) mass is 1640 g/mol. The van der Waals surface area contributed by atoms with Crippen molar-refractivity contribution in [1.82, 2.24) is 0 Å². The molecular weight excluding hydrogens is 1470 g/mol. The van der Waals surface area contributed by atoms with E-state index in [0.29, 0.717) is 0 Å². The largest absolute Gasteiger partial charge is 0.220 e. The summed E-state index contributed by atoms with van der Waals surface area (Å²) in [6.07, 6.45) is 34.6. The first-order valence-electron chi connectivity index (χ1n) is 48.8. The second-order valence-corrected chi connectivity index (χ2v) is 56.7. The van der Waals surface area contributed by atoms with Gasteiger partial charge in [0.25, 0.3) is 0 Å². The van der Waals surface area contributed by atoms with E-state index in [1.165, 1.54) is 266 Å². The SMILES string of the molecule is Cc1c(-c2c3ccc([Si](CC(C)C)(CC(C)C)CC(C)C)cc3cc[n+]2C)cc(C2CCCCC2)cc1C1CCCCC1.Cc1cc(C2CCCCC2)cc(-c2c3ccc([Si](CC(C)C)(CC(C)C)CC(C)C)cc3cc[n+]2C)c1C.Cc1ccc(C2CCCCC2)cc1-c1c2ccc([Si](CC(C)C)(CC(C)C)CC(C)C)cc2cc[n+]1C. The van der Waals surface area contributed by atoms with Gasteiger partial charge in [0.15, 0.2) is 18.6 Å². The molecule has 9 aromatic rings. The predicted molar refractivity (Wildman–Crippen MR) is 527 cm³/mol. The third-order valence-corrected chi connectivity index (χ3v) is 47.9. The van der Waals surface area contributed by atoms with Crippen LogP contribution in [0.2, 0.25) is 54.4 Å². The van der Waals surface area contributed by atoms with Crippen LogP contribution in [0, 0.1) is 81.0 Å². The van der Waals surface area contributed by atoms with Gasteiger partial charge in [-0.15, -0.1) is 0 Å². The standard InChI is InChI=1S/C41H62NSi.C36H54NSi.C35H52NSi/c1-29(2)26-43(27-30(3)4,28-31(5)6)37-19-20-38-35(23-37)21-22-42(8)41(38)40-25-36(33-15-11-9-12-16-33)24-39(32(40)7)34-17-13-10-14-18-34;1-25(2)22-38(23-26(3)4,24-27(5)6)33-15-16-34-31(20-33)17-18-37(9)36(34)35-21-32(19-28(7)29(35)8)30-13-11-10-12-14-30;1-25(2)22-37(23-26(3)4,24-27(5)6)32-16-17-33-31(20-32)18-19-36(8)35(33)34-21-30(15-14-28(34)7)29-12-10-9-11-13-29/h19-25,29-31,33-34H,9-18,26-28H2,1-8H3;15-21,25-27,30H,10-14,22-24H2,1-9H3;14-21,25-27,29H,9-13,22-24H2,1-8H3/q3*+1. The molecule has 0 aliphatic heterocycles. The quantitative estimate of drug-likeness (QED) is 0.0342. The van der Waals surface area contributed by atoms with Crippen LogP contribution in [0.1, 0.15) is 321 Å². The van der Waals surface area contributed by atoms with Crippen LogP contribution >= 0.6 is 0 Å². The van der Waals surface area contributed by atoms with Crippen molar-refractivity contribution in [3.05, 3.63) is 178 Å². The number of aryl methyl sites for hydroxylation is 5. The van der Waals surface area contributed by atoms with E-state index in [0.717, 1.165) is 76.9 Å². The second-order valence-electron chi connectivity index (χ2n) is 43.7. The molecule has 0 amide bonds. The van der Waals surface area contributed by atoms with Crippen molar-refractivity contribution in [2.24, 2.45) is 74.4 Å². The Hall–Kier alpha value is -5.80. The molecule has 0 saturated heterocycles. The molecule has 3 aromatic heterocycles. The molecule has 3 heterocycles. The third kappa shape index (κ3) is 22.8. The van der Waals surface area contributed by atoms with Gasteiger partial charge in [-0.05, 0) is 253 Å². The summed E-state index contributed by atoms with van der Waals surface area (Å²) in [6.45, 7) is 53.3. The van der Waals surface area contributed by atoms with Crippen LogP contribution < -0.4 is 29.3 Å². The van der Waals surface area contributed by atoms with Gasteiger partial charge in [0.2, 0.25) is 17.1 Å². The molecule has 0 N–H and O–H groups in total. The zero-order valence-corrected chi connectivity index (χ0v) is 83.1. The molecule has 0 atom stereocenters. The van der Waals surface area contributed by atoms with Crippen LogP contribution in [0.25, 0.3) is 66.1 Å². The molecule has 0 unspecified atom stereocenters. The van der Waals surface area contributed by atoms with Gasteiger partial charge in [0, 0.05) is 23.8 Å².